The predicted octanol–water partition coefficient (Wildman–Crippen LogP) is 3.34. The second kappa shape index (κ2) is 8.61. The lowest BCUT2D eigenvalue weighted by Gasteiger charge is -2.19. The fourth-order valence-electron chi connectivity index (χ4n) is 3.11. The number of likely N-dealkylation sites (tertiary alicyclic amines) is 1. The molecule has 0 bridgehead atoms. The Bertz CT molecular complexity index is 763. The number of hydrogen-bond acceptors (Lipinski definition) is 3. The van der Waals surface area contributed by atoms with Crippen LogP contribution in [0.15, 0.2) is 42.6 Å². The lowest BCUT2D eigenvalue weighted by molar-refractivity contribution is 0.0755. The Hall–Kier alpha value is -2.69. The van der Waals surface area contributed by atoms with Gasteiger partial charge in [0.05, 0.1) is 0 Å². The molecule has 26 heavy (non-hydrogen) atoms. The van der Waals surface area contributed by atoms with E-state index in [4.69, 9.17) is 0 Å². The molecule has 5 heteroatoms. The van der Waals surface area contributed by atoms with Gasteiger partial charge < -0.3 is 10.2 Å². The van der Waals surface area contributed by atoms with E-state index in [9.17, 15) is 9.59 Å². The highest BCUT2D eigenvalue weighted by molar-refractivity contribution is 5.98. The van der Waals surface area contributed by atoms with Gasteiger partial charge in [-0.05, 0) is 37.5 Å². The van der Waals surface area contributed by atoms with Gasteiger partial charge in [-0.3, -0.25) is 14.6 Å². The van der Waals surface area contributed by atoms with E-state index >= 15 is 0 Å². The fraction of sp³-hybridized carbons (Fsp3) is 0.381. The van der Waals surface area contributed by atoms with Crippen LogP contribution in [0.2, 0.25) is 0 Å². The monoisotopic (exact) mass is 351 g/mol. The average Bonchev–Trinajstić information content (AvgIpc) is 2.96. The SMILES string of the molecule is Cc1ccc(CNC(=O)c2ccnc(C(=O)N3CCCCCC3)c2)cc1. The van der Waals surface area contributed by atoms with Gasteiger partial charge in [-0.1, -0.05) is 42.7 Å². The molecule has 0 saturated carbocycles. The van der Waals surface area contributed by atoms with Crippen molar-refractivity contribution in [1.29, 1.82) is 0 Å². The van der Waals surface area contributed by atoms with E-state index in [1.807, 2.05) is 36.1 Å². The number of carbonyl (C=O) groups is 2. The van der Waals surface area contributed by atoms with Crippen molar-refractivity contribution in [2.75, 3.05) is 13.1 Å². The Morgan fingerprint density at radius 3 is 2.42 bits per heavy atom. The molecule has 3 rings (SSSR count). The molecule has 2 heterocycles. The average molecular weight is 351 g/mol. The van der Waals surface area contributed by atoms with Gasteiger partial charge in [0.25, 0.3) is 11.8 Å². The summed E-state index contributed by atoms with van der Waals surface area (Å²) in [5, 5.41) is 2.90. The van der Waals surface area contributed by atoms with Crippen LogP contribution in [0.25, 0.3) is 0 Å². The quantitative estimate of drug-likeness (QED) is 0.919. The maximum absolute atomic E-state index is 12.7. The normalized spacial score (nSPS) is 14.6. The molecule has 1 aromatic heterocycles. The molecule has 1 aliphatic rings. The van der Waals surface area contributed by atoms with E-state index in [-0.39, 0.29) is 11.8 Å². The van der Waals surface area contributed by atoms with E-state index in [2.05, 4.69) is 10.3 Å². The summed E-state index contributed by atoms with van der Waals surface area (Å²) in [6.07, 6.45) is 5.92. The van der Waals surface area contributed by atoms with Crippen LogP contribution >= 0.6 is 0 Å². The smallest absolute Gasteiger partial charge is 0.272 e. The summed E-state index contributed by atoms with van der Waals surface area (Å²) >= 11 is 0. The van der Waals surface area contributed by atoms with E-state index < -0.39 is 0 Å². The standard InChI is InChI=1S/C21H25N3O2/c1-16-6-8-17(9-7-16)15-23-20(25)18-10-11-22-19(14-18)21(26)24-12-4-2-3-5-13-24/h6-11,14H,2-5,12-13,15H2,1H3,(H,23,25). The van der Waals surface area contributed by atoms with Gasteiger partial charge in [-0.2, -0.15) is 0 Å². The maximum atomic E-state index is 12.7. The van der Waals surface area contributed by atoms with Crippen molar-refractivity contribution >= 4 is 11.8 Å². The highest BCUT2D eigenvalue weighted by Crippen LogP contribution is 2.13. The van der Waals surface area contributed by atoms with Crippen LogP contribution in [0.4, 0.5) is 0 Å². The van der Waals surface area contributed by atoms with Crippen LogP contribution in [-0.4, -0.2) is 34.8 Å². The summed E-state index contributed by atoms with van der Waals surface area (Å²) in [4.78, 5) is 31.1. The third-order valence-corrected chi connectivity index (χ3v) is 4.71. The number of nitrogens with zero attached hydrogens (tertiary/aromatic N) is 2. The van der Waals surface area contributed by atoms with E-state index in [1.54, 1.807) is 12.1 Å². The number of aryl methyl sites for hydroxylation is 1. The van der Waals surface area contributed by atoms with Crippen LogP contribution in [0, 0.1) is 6.92 Å². The van der Waals surface area contributed by atoms with Gasteiger partial charge >= 0.3 is 0 Å². The second-order valence-electron chi connectivity index (χ2n) is 6.80. The minimum absolute atomic E-state index is 0.0833. The number of aromatic nitrogens is 1. The highest BCUT2D eigenvalue weighted by atomic mass is 16.2. The fourth-order valence-corrected chi connectivity index (χ4v) is 3.11. The number of hydrogen-bond donors (Lipinski definition) is 1. The Kier molecular flexibility index (Phi) is 6.00. The number of nitrogens with one attached hydrogen (secondary N) is 1. The minimum Gasteiger partial charge on any atom is -0.348 e. The van der Waals surface area contributed by atoms with Crippen molar-refractivity contribution in [3.8, 4) is 0 Å². The molecule has 1 aliphatic heterocycles. The zero-order chi connectivity index (χ0) is 18.4. The van der Waals surface area contributed by atoms with Crippen molar-refractivity contribution in [3.05, 3.63) is 65.0 Å². The van der Waals surface area contributed by atoms with Crippen LogP contribution < -0.4 is 5.32 Å². The van der Waals surface area contributed by atoms with Crippen molar-refractivity contribution in [1.82, 2.24) is 15.2 Å². The van der Waals surface area contributed by atoms with Gasteiger partial charge in [-0.15, -0.1) is 0 Å². The van der Waals surface area contributed by atoms with Crippen molar-refractivity contribution < 1.29 is 9.59 Å². The molecule has 1 N–H and O–H groups in total. The number of rotatable bonds is 4. The lowest BCUT2D eigenvalue weighted by atomic mass is 10.1. The van der Waals surface area contributed by atoms with Gasteiger partial charge in [0.2, 0.25) is 0 Å². The molecule has 2 amide bonds. The van der Waals surface area contributed by atoms with E-state index in [0.717, 1.165) is 31.5 Å². The number of benzene rings is 1. The Morgan fingerprint density at radius 1 is 1.04 bits per heavy atom. The van der Waals surface area contributed by atoms with Gasteiger partial charge in [0.1, 0.15) is 5.69 Å². The third kappa shape index (κ3) is 4.69. The first-order chi connectivity index (χ1) is 12.6. The summed E-state index contributed by atoms with van der Waals surface area (Å²) in [7, 11) is 0. The Balaban J connectivity index is 1.64. The van der Waals surface area contributed by atoms with Crippen molar-refractivity contribution in [2.24, 2.45) is 0 Å². The summed E-state index contributed by atoms with van der Waals surface area (Å²) in [6, 6.07) is 11.3. The van der Waals surface area contributed by atoms with Gasteiger partial charge in [0.15, 0.2) is 0 Å². The zero-order valence-electron chi connectivity index (χ0n) is 15.2. The molecule has 1 saturated heterocycles. The molecule has 0 radical (unpaired) electrons. The topological polar surface area (TPSA) is 62.3 Å². The predicted molar refractivity (Wildman–Crippen MR) is 101 cm³/mol. The highest BCUT2D eigenvalue weighted by Gasteiger charge is 2.19. The molecular formula is C21H25N3O2. The summed E-state index contributed by atoms with van der Waals surface area (Å²) in [5.74, 6) is -0.280. The Labute approximate surface area is 154 Å². The van der Waals surface area contributed by atoms with E-state index in [0.29, 0.717) is 17.8 Å². The molecular weight excluding hydrogens is 326 g/mol. The lowest BCUT2D eigenvalue weighted by Crippen LogP contribution is -2.32. The minimum atomic E-state index is -0.196. The maximum Gasteiger partial charge on any atom is 0.272 e. The summed E-state index contributed by atoms with van der Waals surface area (Å²) < 4.78 is 0. The summed E-state index contributed by atoms with van der Waals surface area (Å²) in [5.41, 5.74) is 3.03. The molecule has 0 unspecified atom stereocenters. The second-order valence-corrected chi connectivity index (χ2v) is 6.80. The van der Waals surface area contributed by atoms with Gasteiger partial charge in [0, 0.05) is 31.4 Å². The number of carbonyl (C=O) groups excluding carboxylic acids is 2. The summed E-state index contributed by atoms with van der Waals surface area (Å²) in [6.45, 7) is 4.02. The number of amides is 2. The molecule has 0 atom stereocenters. The van der Waals surface area contributed by atoms with Crippen molar-refractivity contribution in [2.45, 2.75) is 39.2 Å². The van der Waals surface area contributed by atoms with Crippen LogP contribution in [0.3, 0.4) is 0 Å². The van der Waals surface area contributed by atoms with Crippen LogP contribution in [0.1, 0.15) is 57.7 Å². The Morgan fingerprint density at radius 2 is 1.73 bits per heavy atom. The first-order valence-electron chi connectivity index (χ1n) is 9.22. The van der Waals surface area contributed by atoms with Crippen molar-refractivity contribution in [3.63, 3.8) is 0 Å². The van der Waals surface area contributed by atoms with Crippen LogP contribution in [0.5, 0.6) is 0 Å². The molecule has 2 aromatic rings. The molecule has 0 aliphatic carbocycles. The van der Waals surface area contributed by atoms with Gasteiger partial charge in [-0.25, -0.2) is 0 Å². The molecule has 1 aromatic carbocycles. The zero-order valence-corrected chi connectivity index (χ0v) is 15.2. The first-order valence-corrected chi connectivity index (χ1v) is 9.22. The third-order valence-electron chi connectivity index (χ3n) is 4.71. The first kappa shape index (κ1) is 18.1. The molecule has 1 fully saturated rings. The molecule has 5 nitrogen and oxygen atoms in total. The largest absolute Gasteiger partial charge is 0.348 e. The molecule has 0 spiro atoms. The van der Waals surface area contributed by atoms with Crippen LogP contribution in [-0.2, 0) is 6.54 Å². The van der Waals surface area contributed by atoms with E-state index in [1.165, 1.54) is 24.6 Å². The molecule has 136 valence electrons. The number of pyridine rings is 1.